The van der Waals surface area contributed by atoms with E-state index in [0.29, 0.717) is 18.9 Å². The highest BCUT2D eigenvalue weighted by Crippen LogP contribution is 2.28. The van der Waals surface area contributed by atoms with Gasteiger partial charge in [0, 0.05) is 19.6 Å². The van der Waals surface area contributed by atoms with Crippen molar-refractivity contribution in [1.29, 1.82) is 0 Å². The number of carbonyl (C=O) groups is 1. The van der Waals surface area contributed by atoms with Gasteiger partial charge in [0.05, 0.1) is 18.0 Å². The fourth-order valence-electron chi connectivity index (χ4n) is 3.99. The van der Waals surface area contributed by atoms with Gasteiger partial charge in [-0.25, -0.2) is 8.42 Å². The number of hydrogen-bond donors (Lipinski definition) is 0. The highest BCUT2D eigenvalue weighted by Gasteiger charge is 2.34. The van der Waals surface area contributed by atoms with Crippen LogP contribution in [-0.2, 0) is 21.4 Å². The molecular weight excluding hydrogens is 412 g/mol. The van der Waals surface area contributed by atoms with Crippen LogP contribution in [0.2, 0.25) is 0 Å². The highest BCUT2D eigenvalue weighted by atomic mass is 32.2. The monoisotopic (exact) mass is 444 g/mol. The van der Waals surface area contributed by atoms with Crippen molar-refractivity contribution in [3.63, 3.8) is 0 Å². The summed E-state index contributed by atoms with van der Waals surface area (Å²) < 4.78 is 33.9. The molecule has 2 aromatic carbocycles. The van der Waals surface area contributed by atoms with E-state index >= 15 is 0 Å². The number of likely N-dealkylation sites (N-methyl/N-ethyl adjacent to an activating group) is 1. The van der Waals surface area contributed by atoms with Crippen LogP contribution in [0.3, 0.4) is 0 Å². The van der Waals surface area contributed by atoms with Crippen molar-refractivity contribution >= 4 is 15.9 Å². The Morgan fingerprint density at radius 3 is 2.26 bits per heavy atom. The molecule has 1 saturated carbocycles. The maximum atomic E-state index is 13.5. The molecule has 1 aliphatic carbocycles. The zero-order valence-corrected chi connectivity index (χ0v) is 19.2. The number of hydrogen-bond acceptors (Lipinski definition) is 4. The molecule has 0 unspecified atom stereocenters. The number of ether oxygens (including phenoxy) is 1. The molecule has 31 heavy (non-hydrogen) atoms. The van der Waals surface area contributed by atoms with E-state index in [9.17, 15) is 13.2 Å². The normalized spacial score (nSPS) is 15.1. The van der Waals surface area contributed by atoms with Gasteiger partial charge in [0.25, 0.3) is 0 Å². The fraction of sp³-hybridized carbons (Fsp3) is 0.458. The lowest BCUT2D eigenvalue weighted by atomic mass is 9.95. The first-order valence-electron chi connectivity index (χ1n) is 10.9. The van der Waals surface area contributed by atoms with Crippen LogP contribution < -0.4 is 4.74 Å². The van der Waals surface area contributed by atoms with E-state index in [1.165, 1.54) is 4.31 Å². The zero-order valence-electron chi connectivity index (χ0n) is 18.4. The average Bonchev–Trinajstić information content (AvgIpc) is 2.79. The first kappa shape index (κ1) is 23.3. The van der Waals surface area contributed by atoms with E-state index in [4.69, 9.17) is 4.74 Å². The van der Waals surface area contributed by atoms with Crippen LogP contribution >= 0.6 is 0 Å². The second kappa shape index (κ2) is 10.8. The number of carbonyl (C=O) groups excluding carboxylic acids is 1. The quantitative estimate of drug-likeness (QED) is 0.585. The molecule has 0 heterocycles. The summed E-state index contributed by atoms with van der Waals surface area (Å²) in [5, 5.41) is 0. The first-order chi connectivity index (χ1) is 14.9. The van der Waals surface area contributed by atoms with Crippen LogP contribution in [0.1, 0.15) is 44.6 Å². The zero-order chi connectivity index (χ0) is 22.3. The molecule has 1 aliphatic rings. The van der Waals surface area contributed by atoms with Crippen molar-refractivity contribution in [2.24, 2.45) is 0 Å². The van der Waals surface area contributed by atoms with Gasteiger partial charge in [0.2, 0.25) is 15.9 Å². The van der Waals surface area contributed by atoms with Gasteiger partial charge in [-0.1, -0.05) is 49.6 Å². The minimum atomic E-state index is -3.80. The molecule has 2 aromatic rings. The maximum absolute atomic E-state index is 13.5. The Morgan fingerprint density at radius 1 is 1.00 bits per heavy atom. The van der Waals surface area contributed by atoms with Crippen LogP contribution in [0.15, 0.2) is 59.5 Å². The summed E-state index contributed by atoms with van der Waals surface area (Å²) >= 11 is 0. The predicted molar refractivity (Wildman–Crippen MR) is 121 cm³/mol. The largest absolute Gasteiger partial charge is 0.494 e. The van der Waals surface area contributed by atoms with E-state index in [1.807, 2.05) is 37.3 Å². The summed E-state index contributed by atoms with van der Waals surface area (Å²) in [5.41, 5.74) is 1.01. The van der Waals surface area contributed by atoms with Crippen molar-refractivity contribution in [3.05, 3.63) is 60.2 Å². The minimum Gasteiger partial charge on any atom is -0.494 e. The Kier molecular flexibility index (Phi) is 8.09. The lowest BCUT2D eigenvalue weighted by molar-refractivity contribution is -0.131. The summed E-state index contributed by atoms with van der Waals surface area (Å²) in [5.74, 6) is 0.424. The van der Waals surface area contributed by atoms with Gasteiger partial charge in [-0.05, 0) is 49.6 Å². The second-order valence-electron chi connectivity index (χ2n) is 7.98. The molecule has 1 amide bonds. The molecule has 0 saturated heterocycles. The van der Waals surface area contributed by atoms with Crippen LogP contribution in [0.5, 0.6) is 5.75 Å². The van der Waals surface area contributed by atoms with Crippen molar-refractivity contribution < 1.29 is 17.9 Å². The molecule has 7 heteroatoms. The third kappa shape index (κ3) is 6.08. The van der Waals surface area contributed by atoms with Crippen molar-refractivity contribution in [3.8, 4) is 5.75 Å². The fourth-order valence-corrected chi connectivity index (χ4v) is 5.62. The summed E-state index contributed by atoms with van der Waals surface area (Å²) in [4.78, 5) is 14.8. The van der Waals surface area contributed by atoms with Gasteiger partial charge in [-0.2, -0.15) is 4.31 Å². The van der Waals surface area contributed by atoms with Gasteiger partial charge in [-0.15, -0.1) is 0 Å². The SMILES string of the molecule is CCOc1ccc(S(=O)(=O)N(CC(=O)N(C)Cc2ccccc2)C2CCCCC2)cc1. The van der Waals surface area contributed by atoms with Crippen LogP contribution in [-0.4, -0.2) is 49.8 Å². The highest BCUT2D eigenvalue weighted by molar-refractivity contribution is 7.89. The van der Waals surface area contributed by atoms with Crippen molar-refractivity contribution in [2.75, 3.05) is 20.2 Å². The summed E-state index contributed by atoms with van der Waals surface area (Å²) in [6, 6.07) is 16.0. The molecule has 0 atom stereocenters. The molecule has 0 spiro atoms. The summed E-state index contributed by atoms with van der Waals surface area (Å²) in [6.45, 7) is 2.69. The van der Waals surface area contributed by atoms with Crippen LogP contribution in [0, 0.1) is 0 Å². The second-order valence-corrected chi connectivity index (χ2v) is 9.87. The Hall–Kier alpha value is -2.38. The van der Waals surface area contributed by atoms with E-state index < -0.39 is 10.0 Å². The Bertz CT molecular complexity index is 939. The van der Waals surface area contributed by atoms with Gasteiger partial charge >= 0.3 is 0 Å². The smallest absolute Gasteiger partial charge is 0.243 e. The third-order valence-electron chi connectivity index (χ3n) is 5.70. The number of sulfonamides is 1. The van der Waals surface area contributed by atoms with Gasteiger partial charge in [0.15, 0.2) is 0 Å². The molecular formula is C24H32N2O4S. The number of benzene rings is 2. The predicted octanol–water partition coefficient (Wildman–Crippen LogP) is 4.07. The number of rotatable bonds is 9. The molecule has 6 nitrogen and oxygen atoms in total. The molecule has 0 aliphatic heterocycles. The van der Waals surface area contributed by atoms with Crippen LogP contribution in [0.4, 0.5) is 0 Å². The van der Waals surface area contributed by atoms with Gasteiger partial charge in [-0.3, -0.25) is 4.79 Å². The maximum Gasteiger partial charge on any atom is 0.243 e. The first-order valence-corrected chi connectivity index (χ1v) is 12.4. The lowest BCUT2D eigenvalue weighted by Crippen LogP contribution is -2.47. The Balaban J connectivity index is 1.80. The van der Waals surface area contributed by atoms with Crippen molar-refractivity contribution in [1.82, 2.24) is 9.21 Å². The third-order valence-corrected chi connectivity index (χ3v) is 7.62. The molecule has 1 fully saturated rings. The van der Waals surface area contributed by atoms with E-state index in [1.54, 1.807) is 36.2 Å². The summed E-state index contributed by atoms with van der Waals surface area (Å²) in [6.07, 6.45) is 4.63. The lowest BCUT2D eigenvalue weighted by Gasteiger charge is -2.34. The topological polar surface area (TPSA) is 66.9 Å². The molecule has 0 radical (unpaired) electrons. The van der Waals surface area contributed by atoms with Crippen molar-refractivity contribution in [2.45, 2.75) is 56.5 Å². The average molecular weight is 445 g/mol. The Morgan fingerprint density at radius 2 is 1.65 bits per heavy atom. The van der Waals surface area contributed by atoms with E-state index in [2.05, 4.69) is 0 Å². The molecule has 0 N–H and O–H groups in total. The number of nitrogens with zero attached hydrogens (tertiary/aromatic N) is 2. The molecule has 168 valence electrons. The van der Waals surface area contributed by atoms with Gasteiger partial charge < -0.3 is 9.64 Å². The number of amides is 1. The Labute approximate surface area is 185 Å². The molecule has 0 aromatic heterocycles. The van der Waals surface area contributed by atoms with Crippen LogP contribution in [0.25, 0.3) is 0 Å². The standard InChI is InChI=1S/C24H32N2O4S/c1-3-30-22-14-16-23(17-15-22)31(28,29)26(21-12-8-5-9-13-21)19-24(27)25(2)18-20-10-6-4-7-11-20/h4,6-7,10-11,14-17,21H,3,5,8-9,12-13,18-19H2,1-2H3. The minimum absolute atomic E-state index is 0.149. The van der Waals surface area contributed by atoms with Gasteiger partial charge in [0.1, 0.15) is 5.75 Å². The molecule has 3 rings (SSSR count). The molecule has 0 bridgehead atoms. The van der Waals surface area contributed by atoms with E-state index in [-0.39, 0.29) is 23.4 Å². The van der Waals surface area contributed by atoms with E-state index in [0.717, 1.165) is 37.7 Å². The summed E-state index contributed by atoms with van der Waals surface area (Å²) in [7, 11) is -2.08.